The Bertz CT molecular complexity index is 1810. The highest BCUT2D eigenvalue weighted by Crippen LogP contribution is 2.13. The van der Waals surface area contributed by atoms with Crippen molar-refractivity contribution in [3.05, 3.63) is 52.1 Å². The van der Waals surface area contributed by atoms with E-state index in [2.05, 4.69) is 35.9 Å². The highest BCUT2D eigenvalue weighted by Gasteiger charge is 2.29. The number of aromatic nitrogens is 4. The van der Waals surface area contributed by atoms with E-state index in [9.17, 15) is 43.5 Å². The lowest BCUT2D eigenvalue weighted by atomic mass is 10.1. The molecule has 0 bridgehead atoms. The summed E-state index contributed by atoms with van der Waals surface area (Å²) in [6, 6.07) is 0.825. The summed E-state index contributed by atoms with van der Waals surface area (Å²) < 4.78 is 0. The van der Waals surface area contributed by atoms with Gasteiger partial charge in [0, 0.05) is 24.1 Å². The van der Waals surface area contributed by atoms with Crippen molar-refractivity contribution in [2.75, 3.05) is 11.1 Å². The van der Waals surface area contributed by atoms with E-state index in [0.717, 1.165) is 0 Å². The third kappa shape index (κ3) is 11.3. The number of carboxylic acids is 4. The third-order valence-corrected chi connectivity index (χ3v) is 6.66. The predicted molar refractivity (Wildman–Crippen MR) is 165 cm³/mol. The van der Waals surface area contributed by atoms with Crippen molar-refractivity contribution >= 4 is 64.4 Å². The van der Waals surface area contributed by atoms with Crippen LogP contribution in [0.4, 0.5) is 11.6 Å². The molecule has 260 valence electrons. The zero-order chi connectivity index (χ0) is 36.2. The van der Waals surface area contributed by atoms with Gasteiger partial charge in [-0.2, -0.15) is 4.98 Å². The second-order valence-corrected chi connectivity index (χ2v) is 10.4. The van der Waals surface area contributed by atoms with E-state index in [1.807, 2.05) is 5.32 Å². The van der Waals surface area contributed by atoms with E-state index in [1.54, 1.807) is 0 Å². The number of nitrogens with one attached hydrogen (secondary N) is 5. The molecule has 1 aromatic carbocycles. The highest BCUT2D eigenvalue weighted by atomic mass is 16.4. The Hall–Kier alpha value is -6.67. The van der Waals surface area contributed by atoms with Gasteiger partial charge in [0.15, 0.2) is 11.2 Å². The molecule has 2 heterocycles. The van der Waals surface area contributed by atoms with E-state index < -0.39 is 97.4 Å². The molecule has 0 saturated heterocycles. The Balaban J connectivity index is 1.57. The molecule has 0 saturated carbocycles. The number of nitrogen functional groups attached to an aromatic ring is 1. The number of hydrogen-bond donors (Lipinski definition) is 10. The van der Waals surface area contributed by atoms with Crippen LogP contribution in [0, 0.1) is 0 Å². The number of aromatic amines is 1. The maximum Gasteiger partial charge on any atom is 0.326 e. The van der Waals surface area contributed by atoms with Gasteiger partial charge in [0.25, 0.3) is 11.5 Å². The van der Waals surface area contributed by atoms with Gasteiger partial charge in [0.05, 0.1) is 24.9 Å². The number of anilines is 2. The summed E-state index contributed by atoms with van der Waals surface area (Å²) in [5, 5.41) is 46.0. The largest absolute Gasteiger partial charge is 0.481 e. The molecule has 0 unspecified atom stereocenters. The minimum Gasteiger partial charge on any atom is -0.481 e. The normalized spacial score (nSPS) is 12.6. The van der Waals surface area contributed by atoms with E-state index in [0.29, 0.717) is 11.4 Å². The Labute approximate surface area is 274 Å². The molecule has 0 radical (unpaired) electrons. The fourth-order valence-corrected chi connectivity index (χ4v) is 4.21. The monoisotopic (exact) mass is 685 g/mol. The summed E-state index contributed by atoms with van der Waals surface area (Å²) >= 11 is 0. The molecule has 0 aliphatic carbocycles. The first-order valence-electron chi connectivity index (χ1n) is 14.3. The van der Waals surface area contributed by atoms with Crippen LogP contribution >= 0.6 is 0 Å². The number of fused-ring (bicyclic) bond motifs is 1. The number of nitrogens with two attached hydrogens (primary N) is 1. The lowest BCUT2D eigenvalue weighted by Gasteiger charge is -2.21. The van der Waals surface area contributed by atoms with E-state index in [1.165, 1.54) is 30.5 Å². The standard InChI is InChI=1S/C28H31N9O12/c29-28-36-22-21(25(45)37-28)32-14(11-31-22)10-30-13-3-1-12(2-4-13)23(43)34-16(26(46)47)5-7-18(38)33-15(6-8-19(39)40)24(44)35-17(27(48)49)9-20(41)42/h1-4,11,15-17,30H,5-10H2,(H,33,38)(H,34,43)(H,35,44)(H,39,40)(H,41,42)(H,46,47)(H,48,49)(H3,29,31,36,37,45)/t15-,16-,17-/m1/s1. The molecular weight excluding hydrogens is 654 g/mol. The number of aliphatic carboxylic acids is 4. The summed E-state index contributed by atoms with van der Waals surface area (Å²) in [6.07, 6.45) is -1.70. The van der Waals surface area contributed by atoms with E-state index >= 15 is 0 Å². The number of benzene rings is 1. The van der Waals surface area contributed by atoms with Crippen LogP contribution in [0.25, 0.3) is 11.2 Å². The number of carbonyl (C=O) groups excluding carboxylic acids is 3. The minimum atomic E-state index is -1.87. The van der Waals surface area contributed by atoms with Crippen LogP contribution in [0.15, 0.2) is 35.3 Å². The average molecular weight is 686 g/mol. The van der Waals surface area contributed by atoms with Crippen LogP contribution in [0.1, 0.15) is 48.2 Å². The first kappa shape index (κ1) is 36.8. The first-order valence-corrected chi connectivity index (χ1v) is 14.3. The van der Waals surface area contributed by atoms with Gasteiger partial charge in [-0.15, -0.1) is 0 Å². The summed E-state index contributed by atoms with van der Waals surface area (Å²) in [4.78, 5) is 110. The predicted octanol–water partition coefficient (Wildman–Crippen LogP) is -1.74. The van der Waals surface area contributed by atoms with Crippen molar-refractivity contribution < 1.29 is 54.0 Å². The first-order chi connectivity index (χ1) is 23.1. The van der Waals surface area contributed by atoms with Crippen LogP contribution in [0.5, 0.6) is 0 Å². The molecule has 3 rings (SSSR count). The topological polar surface area (TPSA) is 346 Å². The molecule has 3 aromatic rings. The van der Waals surface area contributed by atoms with Gasteiger partial charge in [-0.3, -0.25) is 33.8 Å². The van der Waals surface area contributed by atoms with Gasteiger partial charge < -0.3 is 47.4 Å². The number of H-pyrrole nitrogens is 1. The van der Waals surface area contributed by atoms with Crippen LogP contribution in [-0.2, 0) is 35.3 Å². The zero-order valence-electron chi connectivity index (χ0n) is 25.3. The van der Waals surface area contributed by atoms with Crippen molar-refractivity contribution in [3.8, 4) is 0 Å². The Morgan fingerprint density at radius 2 is 1.45 bits per heavy atom. The molecule has 0 aliphatic rings. The Kier molecular flexibility index (Phi) is 12.6. The third-order valence-electron chi connectivity index (χ3n) is 6.66. The van der Waals surface area contributed by atoms with Crippen LogP contribution in [-0.4, -0.2) is 100 Å². The van der Waals surface area contributed by atoms with E-state index in [4.69, 9.17) is 21.1 Å². The summed E-state index contributed by atoms with van der Waals surface area (Å²) in [5.41, 5.74) is 6.02. The molecule has 2 aromatic heterocycles. The summed E-state index contributed by atoms with van der Waals surface area (Å²) in [7, 11) is 0. The van der Waals surface area contributed by atoms with Gasteiger partial charge in [0.2, 0.25) is 17.8 Å². The molecule has 11 N–H and O–H groups in total. The molecule has 21 nitrogen and oxygen atoms in total. The van der Waals surface area contributed by atoms with Crippen LogP contribution in [0.3, 0.4) is 0 Å². The van der Waals surface area contributed by atoms with Crippen LogP contribution < -0.4 is 32.6 Å². The molecule has 21 heteroatoms. The Morgan fingerprint density at radius 3 is 2.06 bits per heavy atom. The van der Waals surface area contributed by atoms with Gasteiger partial charge >= 0.3 is 23.9 Å². The molecule has 0 fully saturated rings. The van der Waals surface area contributed by atoms with Crippen molar-refractivity contribution in [2.24, 2.45) is 0 Å². The lowest BCUT2D eigenvalue weighted by molar-refractivity contribution is -0.147. The number of hydrogen-bond acceptors (Lipinski definition) is 13. The molecule has 3 atom stereocenters. The second-order valence-electron chi connectivity index (χ2n) is 10.4. The lowest BCUT2D eigenvalue weighted by Crippen LogP contribution is -2.52. The molecule has 3 amide bonds. The summed E-state index contributed by atoms with van der Waals surface area (Å²) in [5.74, 6) is -9.01. The minimum absolute atomic E-state index is 0.00338. The summed E-state index contributed by atoms with van der Waals surface area (Å²) in [6.45, 7) is 0.142. The fourth-order valence-electron chi connectivity index (χ4n) is 4.21. The number of rotatable bonds is 18. The van der Waals surface area contributed by atoms with Crippen molar-refractivity contribution in [3.63, 3.8) is 0 Å². The maximum absolute atomic E-state index is 12.8. The Morgan fingerprint density at radius 1 is 0.796 bits per heavy atom. The van der Waals surface area contributed by atoms with E-state index in [-0.39, 0.29) is 29.2 Å². The zero-order valence-corrected chi connectivity index (χ0v) is 25.3. The average Bonchev–Trinajstić information content (AvgIpc) is 3.03. The smallest absolute Gasteiger partial charge is 0.326 e. The quantitative estimate of drug-likeness (QED) is 0.0710. The van der Waals surface area contributed by atoms with Crippen molar-refractivity contribution in [1.29, 1.82) is 0 Å². The molecule has 0 aliphatic heterocycles. The van der Waals surface area contributed by atoms with Crippen molar-refractivity contribution in [2.45, 2.75) is 56.8 Å². The molecular formula is C28H31N9O12. The number of nitrogens with zero attached hydrogens (tertiary/aromatic N) is 3. The van der Waals surface area contributed by atoms with Gasteiger partial charge in [-0.05, 0) is 37.1 Å². The molecule has 0 spiro atoms. The van der Waals surface area contributed by atoms with Crippen molar-refractivity contribution in [1.82, 2.24) is 35.9 Å². The SMILES string of the molecule is Nc1nc2ncc(CNc3ccc(C(=O)N[C@H](CCC(=O)N[C@H](CCC(=O)O)C(=O)N[C@H](CC(=O)O)C(=O)O)C(=O)O)cc3)nc2c(=O)[nH]1. The van der Waals surface area contributed by atoms with Gasteiger partial charge in [-0.1, -0.05) is 0 Å². The molecule has 49 heavy (non-hydrogen) atoms. The highest BCUT2D eigenvalue weighted by molar-refractivity contribution is 5.97. The fraction of sp³-hybridized carbons (Fsp3) is 0.321. The number of carboxylic acid groups (broad SMARTS) is 4. The number of amides is 3. The van der Waals surface area contributed by atoms with Crippen LogP contribution in [0.2, 0.25) is 0 Å². The van der Waals surface area contributed by atoms with Gasteiger partial charge in [0.1, 0.15) is 18.1 Å². The second kappa shape index (κ2) is 16.8. The van der Waals surface area contributed by atoms with Gasteiger partial charge in [-0.25, -0.2) is 19.6 Å². The number of carbonyl (C=O) groups is 7. The maximum atomic E-state index is 12.8.